The summed E-state index contributed by atoms with van der Waals surface area (Å²) >= 11 is 13.2. The molecule has 2 aromatic carbocycles. The number of carbonyl (C=O) groups is 3. The SMILES string of the molecule is O=C(Nc1ccc(NC(=O)c2nc[nH]c2C(=O)NN2CCN(C(I)(I)I)CC2)cc1)c1ccccc1Cl. The van der Waals surface area contributed by atoms with Crippen LogP contribution >= 0.6 is 79.4 Å². The van der Waals surface area contributed by atoms with Gasteiger partial charge in [0.1, 0.15) is 5.69 Å². The number of alkyl halides is 3. The van der Waals surface area contributed by atoms with Crippen LogP contribution in [0, 0.1) is 0 Å². The fourth-order valence-corrected chi connectivity index (χ4v) is 5.25. The Labute approximate surface area is 259 Å². The predicted molar refractivity (Wildman–Crippen MR) is 168 cm³/mol. The number of nitrogens with one attached hydrogen (secondary N) is 4. The Morgan fingerprint density at radius 1 is 0.865 bits per heavy atom. The lowest BCUT2D eigenvalue weighted by molar-refractivity contribution is 0.0639. The molecule has 4 rings (SSSR count). The molecule has 2 heterocycles. The van der Waals surface area contributed by atoms with Gasteiger partial charge in [-0.3, -0.25) is 24.7 Å². The Morgan fingerprint density at radius 2 is 1.46 bits per heavy atom. The van der Waals surface area contributed by atoms with Crippen LogP contribution in [0.5, 0.6) is 0 Å². The number of anilines is 2. The lowest BCUT2D eigenvalue weighted by atomic mass is 10.2. The first-order chi connectivity index (χ1) is 17.6. The van der Waals surface area contributed by atoms with E-state index in [1.165, 1.54) is 6.33 Å². The minimum atomic E-state index is -0.534. The largest absolute Gasteiger partial charge is 0.340 e. The average molecular weight is 860 g/mol. The van der Waals surface area contributed by atoms with Gasteiger partial charge in [-0.1, -0.05) is 23.7 Å². The molecular formula is C23H21ClI3N7O3. The van der Waals surface area contributed by atoms with Crippen molar-refractivity contribution >= 4 is 108 Å². The monoisotopic (exact) mass is 859 g/mol. The molecule has 10 nitrogen and oxygen atoms in total. The molecule has 0 bridgehead atoms. The van der Waals surface area contributed by atoms with Crippen LogP contribution in [0.3, 0.4) is 0 Å². The summed E-state index contributed by atoms with van der Waals surface area (Å²) in [5.74, 6) is -1.31. The molecule has 194 valence electrons. The van der Waals surface area contributed by atoms with E-state index >= 15 is 0 Å². The van der Waals surface area contributed by atoms with Gasteiger partial charge < -0.3 is 15.6 Å². The van der Waals surface area contributed by atoms with Gasteiger partial charge in [0.05, 0.1) is 16.9 Å². The molecular weight excluding hydrogens is 838 g/mol. The number of carbonyl (C=O) groups excluding carboxylic acids is 3. The molecule has 0 unspecified atom stereocenters. The molecule has 0 radical (unpaired) electrons. The molecule has 1 aliphatic rings. The van der Waals surface area contributed by atoms with Gasteiger partial charge in [-0.2, -0.15) is 0 Å². The number of hydrogen-bond acceptors (Lipinski definition) is 6. The van der Waals surface area contributed by atoms with Crippen molar-refractivity contribution in [3.63, 3.8) is 0 Å². The number of benzene rings is 2. The highest BCUT2D eigenvalue weighted by Gasteiger charge is 2.31. The van der Waals surface area contributed by atoms with Crippen molar-refractivity contribution in [2.75, 3.05) is 36.8 Å². The number of amides is 3. The van der Waals surface area contributed by atoms with Crippen molar-refractivity contribution in [3.05, 3.63) is 76.8 Å². The first kappa shape index (κ1) is 28.5. The van der Waals surface area contributed by atoms with E-state index in [0.29, 0.717) is 35.1 Å². The minimum absolute atomic E-state index is 0.0157. The second-order valence-corrected chi connectivity index (χ2v) is 19.3. The zero-order valence-electron chi connectivity index (χ0n) is 19.1. The highest BCUT2D eigenvalue weighted by molar-refractivity contribution is 14.3. The second-order valence-electron chi connectivity index (χ2n) is 7.97. The molecule has 1 saturated heterocycles. The van der Waals surface area contributed by atoms with E-state index in [4.69, 9.17) is 11.6 Å². The highest BCUT2D eigenvalue weighted by Crippen LogP contribution is 2.39. The molecule has 14 heteroatoms. The van der Waals surface area contributed by atoms with Crippen molar-refractivity contribution in [1.82, 2.24) is 25.3 Å². The average Bonchev–Trinajstić information content (AvgIpc) is 3.36. The van der Waals surface area contributed by atoms with Crippen LogP contribution in [0.2, 0.25) is 5.02 Å². The molecule has 1 fully saturated rings. The lowest BCUT2D eigenvalue weighted by Gasteiger charge is -2.38. The van der Waals surface area contributed by atoms with Gasteiger partial charge in [-0.25, -0.2) is 9.99 Å². The van der Waals surface area contributed by atoms with E-state index < -0.39 is 11.8 Å². The summed E-state index contributed by atoms with van der Waals surface area (Å²) in [5.41, 5.74) is 4.29. The van der Waals surface area contributed by atoms with Crippen LogP contribution in [0.4, 0.5) is 11.4 Å². The van der Waals surface area contributed by atoms with Gasteiger partial charge in [0, 0.05) is 37.6 Å². The topological polar surface area (TPSA) is 122 Å². The normalized spacial score (nSPS) is 14.7. The summed E-state index contributed by atoms with van der Waals surface area (Å²) in [5, 5.41) is 7.69. The third-order valence-electron chi connectivity index (χ3n) is 5.50. The summed E-state index contributed by atoms with van der Waals surface area (Å²) in [6.45, 7) is 2.94. The summed E-state index contributed by atoms with van der Waals surface area (Å²) in [6.07, 6.45) is 1.31. The van der Waals surface area contributed by atoms with Gasteiger partial charge in [0.2, 0.25) is 0 Å². The van der Waals surface area contributed by atoms with E-state index in [-0.39, 0.29) is 16.9 Å². The standard InChI is InChI=1S/C23H21ClI3N7O3/c24-17-4-2-1-3-16(17)20(35)30-14-5-7-15(8-6-14)31-21(36)18-19(29-13-28-18)22(37)32-34-11-9-33(10-12-34)23(25,26)27/h1-8,13H,9-12H2,(H,28,29)(H,30,35)(H,31,36)(H,32,37). The van der Waals surface area contributed by atoms with Gasteiger partial charge in [-0.05, 0) is 104 Å². The number of piperazine rings is 1. The maximum atomic E-state index is 12.9. The number of aromatic nitrogens is 2. The van der Waals surface area contributed by atoms with Gasteiger partial charge >= 0.3 is 0 Å². The third-order valence-corrected chi connectivity index (χ3v) is 7.87. The predicted octanol–water partition coefficient (Wildman–Crippen LogP) is 4.75. The minimum Gasteiger partial charge on any atom is -0.340 e. The Bertz CT molecular complexity index is 1290. The van der Waals surface area contributed by atoms with Crippen molar-refractivity contribution < 1.29 is 14.4 Å². The summed E-state index contributed by atoms with van der Waals surface area (Å²) < 4.78 is -0.0164. The van der Waals surface area contributed by atoms with Crippen molar-refractivity contribution in [2.45, 2.75) is -0.441 Å². The molecule has 37 heavy (non-hydrogen) atoms. The summed E-state index contributed by atoms with van der Waals surface area (Å²) in [7, 11) is 0. The number of halogens is 4. The van der Waals surface area contributed by atoms with E-state index in [1.54, 1.807) is 48.5 Å². The Kier molecular flexibility index (Phi) is 9.65. The van der Waals surface area contributed by atoms with Gasteiger partial charge in [0.15, 0.2) is 5.25 Å². The molecule has 0 atom stereocenters. The van der Waals surface area contributed by atoms with Crippen LogP contribution in [0.15, 0.2) is 54.9 Å². The maximum absolute atomic E-state index is 12.9. The molecule has 3 amide bonds. The zero-order chi connectivity index (χ0) is 26.6. The van der Waals surface area contributed by atoms with E-state index in [9.17, 15) is 14.4 Å². The van der Waals surface area contributed by atoms with Gasteiger partial charge in [0.25, 0.3) is 17.7 Å². The number of nitrogens with zero attached hydrogens (tertiary/aromatic N) is 3. The molecule has 4 N–H and O–H groups in total. The molecule has 0 spiro atoms. The molecule has 0 saturated carbocycles. The fraction of sp³-hybridized carbons (Fsp3) is 0.217. The van der Waals surface area contributed by atoms with Crippen LogP contribution in [-0.4, -0.2) is 63.3 Å². The number of hydrazine groups is 1. The fourth-order valence-electron chi connectivity index (χ4n) is 3.58. The Balaban J connectivity index is 1.33. The van der Waals surface area contributed by atoms with Crippen LogP contribution in [0.1, 0.15) is 31.3 Å². The van der Waals surface area contributed by atoms with Crippen molar-refractivity contribution in [1.29, 1.82) is 0 Å². The van der Waals surface area contributed by atoms with Crippen LogP contribution in [-0.2, 0) is 0 Å². The van der Waals surface area contributed by atoms with Gasteiger partial charge in [-0.15, -0.1) is 0 Å². The second kappa shape index (κ2) is 12.5. The summed E-state index contributed by atoms with van der Waals surface area (Å²) in [6, 6.07) is 13.3. The molecule has 0 aliphatic carbocycles. The number of H-pyrrole nitrogens is 1. The smallest absolute Gasteiger partial charge is 0.284 e. The molecule has 1 aromatic heterocycles. The van der Waals surface area contributed by atoms with Crippen molar-refractivity contribution in [2.24, 2.45) is 0 Å². The number of rotatable bonds is 7. The maximum Gasteiger partial charge on any atom is 0.284 e. The first-order valence-corrected chi connectivity index (χ1v) is 14.6. The van der Waals surface area contributed by atoms with E-state index in [0.717, 1.165) is 13.1 Å². The quantitative estimate of drug-likeness (QED) is 0.155. The zero-order valence-corrected chi connectivity index (χ0v) is 26.3. The molecule has 1 aliphatic heterocycles. The Hall–Kier alpha value is -1.54. The Morgan fingerprint density at radius 3 is 2.05 bits per heavy atom. The van der Waals surface area contributed by atoms with Crippen LogP contribution < -0.4 is 16.1 Å². The van der Waals surface area contributed by atoms with Crippen molar-refractivity contribution in [3.8, 4) is 0 Å². The highest BCUT2D eigenvalue weighted by atomic mass is 127. The number of hydrogen-bond donors (Lipinski definition) is 4. The van der Waals surface area contributed by atoms with E-state index in [2.05, 4.69) is 98.7 Å². The van der Waals surface area contributed by atoms with E-state index in [1.807, 2.05) is 5.01 Å². The third kappa shape index (κ3) is 7.53. The first-order valence-electron chi connectivity index (χ1n) is 11.0. The molecule has 3 aromatic rings. The summed E-state index contributed by atoms with van der Waals surface area (Å²) in [4.78, 5) is 47.3. The number of aromatic amines is 1. The van der Waals surface area contributed by atoms with Crippen LogP contribution in [0.25, 0.3) is 0 Å². The number of imidazole rings is 1. The lowest BCUT2D eigenvalue weighted by Crippen LogP contribution is -2.55.